The number of fused-ring (bicyclic) bond motifs is 1. The fraction of sp³-hybridized carbons (Fsp3) is 0.655. The molecule has 3 heterocycles. The zero-order chi connectivity index (χ0) is 43.0. The second-order valence-electron chi connectivity index (χ2n) is 12.1. The third-order valence-corrected chi connectivity index (χ3v) is 10.3. The summed E-state index contributed by atoms with van der Waals surface area (Å²) in [4.78, 5) is 93.1. The van der Waals surface area contributed by atoms with Crippen molar-refractivity contribution >= 4 is 62.5 Å². The Morgan fingerprint density at radius 1 is 0.895 bits per heavy atom. The van der Waals surface area contributed by atoms with Crippen molar-refractivity contribution in [1.29, 1.82) is 0 Å². The number of hydrogen-bond donors (Lipinski definition) is 4. The number of nitrogens with zero attached hydrogens (tertiary/aromatic N) is 4. The van der Waals surface area contributed by atoms with Crippen LogP contribution in [0.1, 0.15) is 47.8 Å². The summed E-state index contributed by atoms with van der Waals surface area (Å²) >= 11 is 0. The normalized spacial score (nSPS) is 23.4. The van der Waals surface area contributed by atoms with E-state index in [1.165, 1.54) is 6.92 Å². The minimum atomic E-state index is -5.92. The minimum Gasteiger partial charge on any atom is -0.462 e. The molecule has 0 saturated carbocycles. The lowest BCUT2D eigenvalue weighted by atomic mass is 9.90. The zero-order valence-electron chi connectivity index (χ0n) is 31.3. The maximum Gasteiger partial charge on any atom is 0.483 e. The number of rotatable bonds is 20. The van der Waals surface area contributed by atoms with Gasteiger partial charge in [0, 0.05) is 47.6 Å². The highest BCUT2D eigenvalue weighted by atomic mass is 31.3. The number of aliphatic hydroxyl groups excluding tert-OH is 1. The van der Waals surface area contributed by atoms with E-state index in [2.05, 4.69) is 19.3 Å². The summed E-state index contributed by atoms with van der Waals surface area (Å²) in [5.74, 6) is -6.36. The Morgan fingerprint density at radius 2 is 1.47 bits per heavy atom. The van der Waals surface area contributed by atoms with Crippen LogP contribution in [-0.4, -0.2) is 134 Å². The van der Waals surface area contributed by atoms with Crippen LogP contribution in [0.15, 0.2) is 12.7 Å². The summed E-state index contributed by atoms with van der Waals surface area (Å²) < 4.78 is 92.9. The number of ether oxygens (including phenoxy) is 7. The van der Waals surface area contributed by atoms with Crippen LogP contribution in [0.3, 0.4) is 0 Å². The number of phosphoric acid groups is 2. The molecule has 0 bridgehead atoms. The summed E-state index contributed by atoms with van der Waals surface area (Å²) in [5, 5.41) is 10.5. The van der Waals surface area contributed by atoms with E-state index in [0.717, 1.165) is 59.0 Å². The third kappa shape index (κ3) is 13.1. The van der Waals surface area contributed by atoms with Gasteiger partial charge in [-0.25, -0.2) is 28.5 Å². The quantitative estimate of drug-likeness (QED) is 0.0596. The molecule has 28 heteroatoms. The molecule has 320 valence electrons. The van der Waals surface area contributed by atoms with Gasteiger partial charge in [0.2, 0.25) is 6.29 Å². The summed E-state index contributed by atoms with van der Waals surface area (Å²) in [6.45, 7) is 4.18. The van der Waals surface area contributed by atoms with Crippen LogP contribution >= 0.6 is 15.6 Å². The lowest BCUT2D eigenvalue weighted by Crippen LogP contribution is -2.55. The predicted molar refractivity (Wildman–Crippen MR) is 181 cm³/mol. The molecular weight excluding hydrogens is 819 g/mol. The molecule has 2 aromatic heterocycles. The smallest absolute Gasteiger partial charge is 0.462 e. The first-order valence-electron chi connectivity index (χ1n) is 16.4. The zero-order valence-corrected chi connectivity index (χ0v) is 33.1. The fourth-order valence-corrected chi connectivity index (χ4v) is 7.59. The Hall–Kier alpha value is -4.23. The first kappa shape index (κ1) is 47.1. The number of halogens is 1. The van der Waals surface area contributed by atoms with Crippen molar-refractivity contribution in [3.63, 3.8) is 0 Å². The van der Waals surface area contributed by atoms with Crippen LogP contribution in [-0.2, 0) is 79.6 Å². The van der Waals surface area contributed by atoms with Crippen LogP contribution in [0.25, 0.3) is 11.2 Å². The molecule has 0 amide bonds. The number of nitrogen functional groups attached to an aromatic ring is 1. The number of alkyl halides is 1. The van der Waals surface area contributed by atoms with Gasteiger partial charge in [-0.3, -0.25) is 37.6 Å². The van der Waals surface area contributed by atoms with E-state index in [0.29, 0.717) is 0 Å². The van der Waals surface area contributed by atoms with Gasteiger partial charge in [-0.15, -0.1) is 0 Å². The third-order valence-electron chi connectivity index (χ3n) is 7.72. The number of methoxy groups -OCH3 is 1. The monoisotopic (exact) mass is 861 g/mol. The Balaban J connectivity index is 1.86. The van der Waals surface area contributed by atoms with Crippen LogP contribution in [0.4, 0.5) is 10.2 Å². The van der Waals surface area contributed by atoms with E-state index in [1.807, 2.05) is 0 Å². The number of aromatic nitrogens is 4. The van der Waals surface area contributed by atoms with Crippen LogP contribution in [0.5, 0.6) is 0 Å². The van der Waals surface area contributed by atoms with Crippen molar-refractivity contribution in [3.05, 3.63) is 12.7 Å². The van der Waals surface area contributed by atoms with E-state index in [1.54, 1.807) is 0 Å². The molecule has 3 rings (SSSR count). The van der Waals surface area contributed by atoms with Gasteiger partial charge in [0.15, 0.2) is 36.1 Å². The maximum atomic E-state index is 15.1. The van der Waals surface area contributed by atoms with Crippen molar-refractivity contribution in [1.82, 2.24) is 19.5 Å². The van der Waals surface area contributed by atoms with Crippen molar-refractivity contribution in [3.8, 4) is 0 Å². The Bertz CT molecular complexity index is 1870. The van der Waals surface area contributed by atoms with Crippen LogP contribution < -0.4 is 5.73 Å². The number of carbonyl (C=O) groups excluding carboxylic acids is 5. The lowest BCUT2D eigenvalue weighted by molar-refractivity contribution is -0.226. The van der Waals surface area contributed by atoms with Crippen molar-refractivity contribution in [2.75, 3.05) is 26.1 Å². The molecule has 2 aromatic rings. The van der Waals surface area contributed by atoms with E-state index in [-0.39, 0.29) is 17.0 Å². The number of carbonyl (C=O) groups is 5. The minimum absolute atomic E-state index is 0.0309. The molecule has 12 atom stereocenters. The molecular formula is C29H42FN5O20P2. The Morgan fingerprint density at radius 3 is 2.04 bits per heavy atom. The summed E-state index contributed by atoms with van der Waals surface area (Å²) in [5.41, 5.74) is 5.90. The van der Waals surface area contributed by atoms with E-state index >= 15 is 4.39 Å². The van der Waals surface area contributed by atoms with E-state index in [9.17, 15) is 48.0 Å². The molecule has 11 unspecified atom stereocenters. The average Bonchev–Trinajstić information content (AvgIpc) is 3.64. The first-order chi connectivity index (χ1) is 26.5. The first-order valence-corrected chi connectivity index (χ1v) is 19.4. The number of anilines is 1. The van der Waals surface area contributed by atoms with E-state index < -0.39 is 120 Å². The van der Waals surface area contributed by atoms with Gasteiger partial charge in [0.05, 0.1) is 12.9 Å². The number of esters is 5. The standard InChI is InChI=1S/C29H42FN5O20P2/c1-12(18(49-14(3)37)8-47-13(2)36)23(50-15(4)38)24(51-16(5)39)25(52-17(6)40)29(46-7)54-57(44,45)55-56(42,43)48-9-19-20(30)22(41)28(53-19)35-11-34-21-26(31)32-10-33-27(21)35/h10-12,18-20,22-25,28-29,41H,8-9H2,1-7H3,(H,42,43)(H,44,45)(H2,31,32,33)/t12?,18-,19?,20?,22?,23?,24?,25?,28?,29?/m1/s1. The fourth-order valence-electron chi connectivity index (χ4n) is 5.40. The topological polar surface area (TPSA) is 342 Å². The number of hydrogen-bond acceptors (Lipinski definition) is 22. The van der Waals surface area contributed by atoms with Gasteiger partial charge in [-0.1, -0.05) is 6.92 Å². The number of nitrogens with two attached hydrogens (primary N) is 1. The molecule has 0 aliphatic carbocycles. The van der Waals surface area contributed by atoms with Gasteiger partial charge < -0.3 is 53.8 Å². The number of aliphatic hydroxyl groups is 1. The number of imidazole rings is 1. The van der Waals surface area contributed by atoms with Gasteiger partial charge in [-0.2, -0.15) is 4.31 Å². The summed E-state index contributed by atoms with van der Waals surface area (Å²) in [6.07, 6.45) is -15.1. The molecule has 57 heavy (non-hydrogen) atoms. The Labute approximate surface area is 322 Å². The second-order valence-corrected chi connectivity index (χ2v) is 15.1. The molecule has 0 radical (unpaired) electrons. The highest BCUT2D eigenvalue weighted by molar-refractivity contribution is 7.61. The predicted octanol–water partition coefficient (Wildman–Crippen LogP) is 0.154. The average molecular weight is 862 g/mol. The molecule has 1 aliphatic heterocycles. The molecule has 0 aromatic carbocycles. The molecule has 25 nitrogen and oxygen atoms in total. The van der Waals surface area contributed by atoms with Gasteiger partial charge >= 0.3 is 45.5 Å². The molecule has 1 saturated heterocycles. The summed E-state index contributed by atoms with van der Waals surface area (Å²) in [6, 6.07) is 0. The summed E-state index contributed by atoms with van der Waals surface area (Å²) in [7, 11) is -10.8. The molecule has 1 fully saturated rings. The SMILES string of the molecule is COC(OP(=O)(O)OP(=O)(O)OCC1OC(n2cnc3c(N)ncnc32)C(O)C1F)C(OC(C)=O)C(OC(C)=O)C(OC(C)=O)C(C)[C@@H](COC(C)=O)OC(C)=O. The Kier molecular flexibility index (Phi) is 16.5. The molecule has 1 aliphatic rings. The van der Waals surface area contributed by atoms with Crippen molar-refractivity contribution in [2.45, 2.75) is 96.9 Å². The van der Waals surface area contributed by atoms with Gasteiger partial charge in [-0.05, 0) is 0 Å². The van der Waals surface area contributed by atoms with Gasteiger partial charge in [0.25, 0.3) is 0 Å². The largest absolute Gasteiger partial charge is 0.483 e. The highest BCUT2D eigenvalue weighted by Crippen LogP contribution is 2.61. The number of phosphoric ester groups is 2. The van der Waals surface area contributed by atoms with E-state index in [4.69, 9.17) is 47.9 Å². The van der Waals surface area contributed by atoms with Crippen molar-refractivity contribution in [2.24, 2.45) is 5.92 Å². The second kappa shape index (κ2) is 20.0. The van der Waals surface area contributed by atoms with Crippen LogP contribution in [0, 0.1) is 5.92 Å². The van der Waals surface area contributed by atoms with Crippen molar-refractivity contribution < 1.29 is 98.9 Å². The van der Waals surface area contributed by atoms with Crippen LogP contribution in [0.2, 0.25) is 0 Å². The highest BCUT2D eigenvalue weighted by Gasteiger charge is 2.51. The molecule has 5 N–H and O–H groups in total. The lowest BCUT2D eigenvalue weighted by Gasteiger charge is -2.39. The maximum absolute atomic E-state index is 15.1. The molecule has 0 spiro atoms. The van der Waals surface area contributed by atoms with Gasteiger partial charge in [0.1, 0.15) is 42.9 Å².